The average molecular weight is 433 g/mol. The summed E-state index contributed by atoms with van der Waals surface area (Å²) in [5.41, 5.74) is 1.97. The molecule has 1 unspecified atom stereocenters. The van der Waals surface area contributed by atoms with Gasteiger partial charge in [-0.2, -0.15) is 0 Å². The molecule has 0 radical (unpaired) electrons. The van der Waals surface area contributed by atoms with E-state index in [4.69, 9.17) is 4.42 Å². The molecular weight excluding hydrogens is 408 g/mol. The van der Waals surface area contributed by atoms with Gasteiger partial charge in [-0.25, -0.2) is 0 Å². The highest BCUT2D eigenvalue weighted by Gasteiger charge is 2.25. The Hall–Kier alpha value is -3.13. The number of para-hydroxylation sites is 1. The molecule has 1 fully saturated rings. The van der Waals surface area contributed by atoms with Crippen molar-refractivity contribution < 1.29 is 4.42 Å². The Morgan fingerprint density at radius 2 is 1.55 bits per heavy atom. The van der Waals surface area contributed by atoms with Gasteiger partial charge in [0, 0.05) is 18.7 Å². The van der Waals surface area contributed by atoms with Crippen molar-refractivity contribution in [1.82, 2.24) is 25.0 Å². The monoisotopic (exact) mass is 432 g/mol. The second-order valence-electron chi connectivity index (χ2n) is 7.57. The highest BCUT2D eigenvalue weighted by atomic mass is 32.2. The van der Waals surface area contributed by atoms with Crippen molar-refractivity contribution in [3.05, 3.63) is 66.6 Å². The van der Waals surface area contributed by atoms with Gasteiger partial charge in [0.15, 0.2) is 5.16 Å². The van der Waals surface area contributed by atoms with E-state index in [0.29, 0.717) is 11.8 Å². The quantitative estimate of drug-likeness (QED) is 0.390. The van der Waals surface area contributed by atoms with Gasteiger partial charge in [-0.15, -0.1) is 20.4 Å². The Bertz CT molecular complexity index is 1120. The molecule has 1 saturated heterocycles. The SMILES string of the molecule is CC(Sc1nnc(N2CCCCC2)n1-c1ccccc1)c1nnc(-c2ccccc2)o1. The lowest BCUT2D eigenvalue weighted by Gasteiger charge is -2.27. The van der Waals surface area contributed by atoms with E-state index in [0.717, 1.165) is 35.4 Å². The van der Waals surface area contributed by atoms with Crippen LogP contribution in [0.15, 0.2) is 70.2 Å². The summed E-state index contributed by atoms with van der Waals surface area (Å²) in [6, 6.07) is 20.1. The van der Waals surface area contributed by atoms with Crippen LogP contribution in [-0.2, 0) is 0 Å². The summed E-state index contributed by atoms with van der Waals surface area (Å²) in [6.07, 6.45) is 3.64. The highest BCUT2D eigenvalue weighted by Crippen LogP contribution is 2.37. The fourth-order valence-corrected chi connectivity index (χ4v) is 4.64. The van der Waals surface area contributed by atoms with Crippen molar-refractivity contribution in [3.63, 3.8) is 0 Å². The number of benzene rings is 2. The van der Waals surface area contributed by atoms with Crippen molar-refractivity contribution in [2.75, 3.05) is 18.0 Å². The molecule has 4 aromatic rings. The van der Waals surface area contributed by atoms with Crippen molar-refractivity contribution in [2.24, 2.45) is 0 Å². The molecule has 8 heteroatoms. The van der Waals surface area contributed by atoms with Crippen molar-refractivity contribution in [1.29, 1.82) is 0 Å². The Balaban J connectivity index is 1.44. The van der Waals surface area contributed by atoms with E-state index >= 15 is 0 Å². The number of piperidine rings is 1. The van der Waals surface area contributed by atoms with E-state index in [1.807, 2.05) is 48.5 Å². The molecule has 0 amide bonds. The molecule has 1 atom stereocenters. The van der Waals surface area contributed by atoms with E-state index < -0.39 is 0 Å². The van der Waals surface area contributed by atoms with Crippen LogP contribution in [0.2, 0.25) is 0 Å². The van der Waals surface area contributed by atoms with Gasteiger partial charge in [0.05, 0.1) is 10.9 Å². The minimum absolute atomic E-state index is 0.0640. The van der Waals surface area contributed by atoms with Crippen molar-refractivity contribution >= 4 is 17.7 Å². The first-order valence-corrected chi connectivity index (χ1v) is 11.5. The summed E-state index contributed by atoms with van der Waals surface area (Å²) in [5, 5.41) is 18.4. The van der Waals surface area contributed by atoms with Gasteiger partial charge < -0.3 is 9.32 Å². The van der Waals surface area contributed by atoms with Crippen LogP contribution in [-0.4, -0.2) is 38.1 Å². The van der Waals surface area contributed by atoms with Gasteiger partial charge in [-0.3, -0.25) is 4.57 Å². The molecule has 0 aliphatic carbocycles. The van der Waals surface area contributed by atoms with Crippen LogP contribution >= 0.6 is 11.8 Å². The molecule has 1 aliphatic rings. The fourth-order valence-electron chi connectivity index (χ4n) is 3.75. The third-order valence-electron chi connectivity index (χ3n) is 5.36. The predicted octanol–water partition coefficient (Wildman–Crippen LogP) is 5.16. The van der Waals surface area contributed by atoms with Crippen LogP contribution in [0, 0.1) is 0 Å². The topological polar surface area (TPSA) is 72.9 Å². The van der Waals surface area contributed by atoms with Gasteiger partial charge in [0.25, 0.3) is 0 Å². The Labute approximate surface area is 185 Å². The molecule has 0 spiro atoms. The van der Waals surface area contributed by atoms with Crippen molar-refractivity contribution in [2.45, 2.75) is 36.6 Å². The van der Waals surface area contributed by atoms with Crippen LogP contribution in [0.4, 0.5) is 5.95 Å². The maximum Gasteiger partial charge on any atom is 0.247 e. The number of aromatic nitrogens is 5. The van der Waals surface area contributed by atoms with Gasteiger partial charge >= 0.3 is 0 Å². The van der Waals surface area contributed by atoms with E-state index in [9.17, 15) is 0 Å². The summed E-state index contributed by atoms with van der Waals surface area (Å²) in [5.74, 6) is 2.00. The Morgan fingerprint density at radius 3 is 2.29 bits per heavy atom. The second kappa shape index (κ2) is 8.93. The molecule has 3 heterocycles. The first kappa shape index (κ1) is 19.8. The number of rotatable bonds is 6. The zero-order valence-electron chi connectivity index (χ0n) is 17.4. The van der Waals surface area contributed by atoms with Crippen LogP contribution in [0.3, 0.4) is 0 Å². The third-order valence-corrected chi connectivity index (χ3v) is 6.39. The largest absolute Gasteiger partial charge is 0.419 e. The van der Waals surface area contributed by atoms with Crippen LogP contribution in [0.25, 0.3) is 17.1 Å². The van der Waals surface area contributed by atoms with Crippen LogP contribution < -0.4 is 4.90 Å². The van der Waals surface area contributed by atoms with Gasteiger partial charge in [-0.05, 0) is 50.5 Å². The number of thioether (sulfide) groups is 1. The summed E-state index contributed by atoms with van der Waals surface area (Å²) in [7, 11) is 0. The summed E-state index contributed by atoms with van der Waals surface area (Å²) >= 11 is 1.58. The summed E-state index contributed by atoms with van der Waals surface area (Å²) < 4.78 is 8.10. The molecular formula is C23H24N6OS. The lowest BCUT2D eigenvalue weighted by atomic mass is 10.1. The molecule has 2 aromatic carbocycles. The molecule has 7 nitrogen and oxygen atoms in total. The Morgan fingerprint density at radius 1 is 0.839 bits per heavy atom. The number of anilines is 1. The molecule has 158 valence electrons. The first-order chi connectivity index (χ1) is 15.3. The summed E-state index contributed by atoms with van der Waals surface area (Å²) in [4.78, 5) is 2.33. The molecule has 2 aromatic heterocycles. The van der Waals surface area contributed by atoms with E-state index in [-0.39, 0.29) is 5.25 Å². The normalized spacial score (nSPS) is 15.2. The molecule has 0 saturated carbocycles. The summed E-state index contributed by atoms with van der Waals surface area (Å²) in [6.45, 7) is 4.07. The van der Waals surface area contributed by atoms with Crippen LogP contribution in [0.5, 0.6) is 0 Å². The molecule has 1 aliphatic heterocycles. The minimum atomic E-state index is -0.0640. The van der Waals surface area contributed by atoms with Gasteiger partial charge in [0.2, 0.25) is 17.7 Å². The highest BCUT2D eigenvalue weighted by molar-refractivity contribution is 7.99. The van der Waals surface area contributed by atoms with Crippen LogP contribution in [0.1, 0.15) is 37.3 Å². The number of hydrogen-bond donors (Lipinski definition) is 0. The van der Waals surface area contributed by atoms with Gasteiger partial charge in [0.1, 0.15) is 0 Å². The zero-order chi connectivity index (χ0) is 21.0. The maximum absolute atomic E-state index is 5.96. The molecule has 0 bridgehead atoms. The van der Waals surface area contributed by atoms with E-state index in [1.165, 1.54) is 19.3 Å². The molecule has 0 N–H and O–H groups in total. The molecule has 31 heavy (non-hydrogen) atoms. The number of hydrogen-bond acceptors (Lipinski definition) is 7. The van der Waals surface area contributed by atoms with Gasteiger partial charge in [-0.1, -0.05) is 48.2 Å². The minimum Gasteiger partial charge on any atom is -0.419 e. The lowest BCUT2D eigenvalue weighted by molar-refractivity contribution is 0.509. The fraction of sp³-hybridized carbons (Fsp3) is 0.304. The first-order valence-electron chi connectivity index (χ1n) is 10.6. The smallest absolute Gasteiger partial charge is 0.247 e. The molecule has 5 rings (SSSR count). The van der Waals surface area contributed by atoms with E-state index in [2.05, 4.69) is 48.9 Å². The average Bonchev–Trinajstić information content (AvgIpc) is 3.49. The lowest BCUT2D eigenvalue weighted by Crippen LogP contribution is -2.31. The standard InChI is InChI=1S/C23H24N6OS/c1-17(20-24-25-21(30-20)18-11-5-2-6-12-18)31-23-27-26-22(28-15-9-4-10-16-28)29(23)19-13-7-3-8-14-19/h2-3,5-8,11-14,17H,4,9-10,15-16H2,1H3. The Kier molecular flexibility index (Phi) is 5.71. The third kappa shape index (κ3) is 4.20. The predicted molar refractivity (Wildman–Crippen MR) is 121 cm³/mol. The van der Waals surface area contributed by atoms with E-state index in [1.54, 1.807) is 11.8 Å². The maximum atomic E-state index is 5.96. The second-order valence-corrected chi connectivity index (χ2v) is 8.88. The zero-order valence-corrected chi connectivity index (χ0v) is 18.2. The van der Waals surface area contributed by atoms with Crippen molar-refractivity contribution in [3.8, 4) is 17.1 Å². The number of nitrogens with zero attached hydrogens (tertiary/aromatic N) is 6.